The summed E-state index contributed by atoms with van der Waals surface area (Å²) < 4.78 is 225. The maximum atomic E-state index is 14.4. The molecule has 366 valence electrons. The Morgan fingerprint density at radius 3 is 0.561 bits per heavy atom. The van der Waals surface area contributed by atoms with E-state index in [4.69, 9.17) is 0 Å². The van der Waals surface area contributed by atoms with E-state index in [-0.39, 0.29) is 78.0 Å². The summed E-state index contributed by atoms with van der Waals surface area (Å²) in [5.74, 6) is -25.8. The molecule has 66 heavy (non-hydrogen) atoms. The first-order valence-corrected chi connectivity index (χ1v) is 23.9. The second-order valence-electron chi connectivity index (χ2n) is 14.3. The van der Waals surface area contributed by atoms with Gasteiger partial charge in [0.25, 0.3) is 0 Å². The van der Waals surface area contributed by atoms with Crippen molar-refractivity contribution in [1.29, 1.82) is 0 Å². The number of unbranched alkanes of at least 4 members (excludes halogenated alkanes) is 1. The quantitative estimate of drug-likeness (QED) is 0.0174. The lowest BCUT2D eigenvalue weighted by molar-refractivity contribution is 0.238. The molecule has 4 aromatic carbocycles. The SMILES string of the molecule is Fc1c(F)c(NCCCN(CCCCN(CCCNc2c(F)c(F)c(I)c(F)c2F)CCCNc2c(F)c(F)c(I)c(F)c2F)CCCNc2c(F)c(F)c(I)c(F)c2F)c(F)c(F)c1I. The molecule has 0 radical (unpaired) electrons. The third-order valence-corrected chi connectivity index (χ3v) is 13.6. The lowest BCUT2D eigenvalue weighted by Gasteiger charge is -2.25. The summed E-state index contributed by atoms with van der Waals surface area (Å²) in [4.78, 5) is 3.63. The molecule has 4 N–H and O–H groups in total. The van der Waals surface area contributed by atoms with E-state index in [1.54, 1.807) is 0 Å². The summed E-state index contributed by atoms with van der Waals surface area (Å²) in [6.07, 6.45) is 1.36. The van der Waals surface area contributed by atoms with E-state index in [1.807, 2.05) is 9.80 Å². The number of hydrogen-bond acceptors (Lipinski definition) is 6. The van der Waals surface area contributed by atoms with Gasteiger partial charge >= 0.3 is 0 Å². The van der Waals surface area contributed by atoms with Crippen LogP contribution >= 0.6 is 90.4 Å². The molecule has 4 rings (SSSR count). The van der Waals surface area contributed by atoms with Crippen LogP contribution in [0.1, 0.15) is 38.5 Å². The maximum Gasteiger partial charge on any atom is 0.186 e. The Labute approximate surface area is 422 Å². The van der Waals surface area contributed by atoms with Crippen LogP contribution in [0.3, 0.4) is 0 Å². The number of nitrogens with zero attached hydrogens (tertiary/aromatic N) is 2. The molecule has 0 saturated carbocycles. The Morgan fingerprint density at radius 1 is 0.242 bits per heavy atom. The Hall–Kier alpha value is -2.20. The highest BCUT2D eigenvalue weighted by Gasteiger charge is 2.27. The summed E-state index contributed by atoms with van der Waals surface area (Å²) in [5, 5.41) is 9.36. The Bertz CT molecular complexity index is 1930. The van der Waals surface area contributed by atoms with Gasteiger partial charge in [0, 0.05) is 26.2 Å². The zero-order chi connectivity index (χ0) is 49.2. The molecular formula is C40H36F16I4N6. The van der Waals surface area contributed by atoms with Crippen molar-refractivity contribution in [3.8, 4) is 0 Å². The molecule has 6 nitrogen and oxygen atoms in total. The van der Waals surface area contributed by atoms with Crippen molar-refractivity contribution in [2.24, 2.45) is 0 Å². The van der Waals surface area contributed by atoms with Gasteiger partial charge in [0.2, 0.25) is 0 Å². The van der Waals surface area contributed by atoms with E-state index < -0.39 is 130 Å². The van der Waals surface area contributed by atoms with E-state index in [9.17, 15) is 70.2 Å². The van der Waals surface area contributed by atoms with Crippen molar-refractivity contribution >= 4 is 113 Å². The van der Waals surface area contributed by atoms with Crippen molar-refractivity contribution in [2.75, 3.05) is 86.7 Å². The number of hydrogen-bond donors (Lipinski definition) is 4. The molecule has 0 unspecified atom stereocenters. The minimum Gasteiger partial charge on any atom is -0.380 e. The van der Waals surface area contributed by atoms with Crippen LogP contribution in [0.5, 0.6) is 0 Å². The van der Waals surface area contributed by atoms with Crippen LogP contribution in [0.15, 0.2) is 0 Å². The van der Waals surface area contributed by atoms with Gasteiger partial charge in [0.15, 0.2) is 93.1 Å². The number of benzene rings is 4. The molecule has 0 fully saturated rings. The summed E-state index contributed by atoms with van der Waals surface area (Å²) in [5.41, 5.74) is -4.08. The van der Waals surface area contributed by atoms with Gasteiger partial charge in [-0.25, -0.2) is 70.2 Å². The fourth-order valence-electron chi connectivity index (χ4n) is 6.45. The zero-order valence-electron chi connectivity index (χ0n) is 33.8. The van der Waals surface area contributed by atoms with Crippen LogP contribution in [0.25, 0.3) is 0 Å². The molecule has 0 aliphatic carbocycles. The Kier molecular flexibility index (Phi) is 22.3. The summed E-state index contributed by atoms with van der Waals surface area (Å²) in [6, 6.07) is 0. The fraction of sp³-hybridized carbons (Fsp3) is 0.400. The predicted molar refractivity (Wildman–Crippen MR) is 251 cm³/mol. The number of nitrogens with one attached hydrogen (secondary N) is 4. The van der Waals surface area contributed by atoms with Crippen LogP contribution in [-0.4, -0.2) is 75.2 Å². The molecule has 0 bridgehead atoms. The Balaban J connectivity index is 1.41. The smallest absolute Gasteiger partial charge is 0.186 e. The largest absolute Gasteiger partial charge is 0.380 e. The molecule has 0 aliphatic rings. The lowest BCUT2D eigenvalue weighted by atomic mass is 10.2. The third kappa shape index (κ3) is 13.8. The minimum absolute atomic E-state index is 0.134. The van der Waals surface area contributed by atoms with E-state index >= 15 is 0 Å². The lowest BCUT2D eigenvalue weighted by Crippen LogP contribution is -2.32. The fourth-order valence-corrected chi connectivity index (χ4v) is 8.34. The molecule has 0 atom stereocenters. The van der Waals surface area contributed by atoms with Crippen molar-refractivity contribution in [2.45, 2.75) is 38.5 Å². The van der Waals surface area contributed by atoms with Gasteiger partial charge in [-0.1, -0.05) is 0 Å². The van der Waals surface area contributed by atoms with Crippen LogP contribution < -0.4 is 21.3 Å². The molecule has 0 aliphatic heterocycles. The van der Waals surface area contributed by atoms with Crippen LogP contribution in [0, 0.1) is 107 Å². The van der Waals surface area contributed by atoms with Gasteiger partial charge in [-0.15, -0.1) is 0 Å². The predicted octanol–water partition coefficient (Wildman–Crippen LogP) is 13.0. The molecule has 0 saturated heterocycles. The van der Waals surface area contributed by atoms with E-state index in [2.05, 4.69) is 21.3 Å². The molecule has 0 aromatic heterocycles. The normalized spacial score (nSPS) is 11.7. The number of anilines is 4. The molecule has 0 heterocycles. The van der Waals surface area contributed by atoms with Crippen molar-refractivity contribution in [3.05, 3.63) is 107 Å². The van der Waals surface area contributed by atoms with E-state index in [0.29, 0.717) is 25.9 Å². The highest BCUT2D eigenvalue weighted by Crippen LogP contribution is 2.32. The number of rotatable bonds is 25. The van der Waals surface area contributed by atoms with Crippen molar-refractivity contribution < 1.29 is 70.2 Å². The number of halogens is 20. The summed E-state index contributed by atoms with van der Waals surface area (Å²) in [7, 11) is 0. The van der Waals surface area contributed by atoms with Crippen LogP contribution in [0.4, 0.5) is 93.0 Å². The first-order valence-electron chi connectivity index (χ1n) is 19.6. The van der Waals surface area contributed by atoms with Gasteiger partial charge in [-0.3, -0.25) is 0 Å². The average Bonchev–Trinajstić information content (AvgIpc) is 3.30. The minimum atomic E-state index is -1.63. The molecule has 0 amide bonds. The van der Waals surface area contributed by atoms with E-state index in [0.717, 1.165) is 90.4 Å². The van der Waals surface area contributed by atoms with Gasteiger partial charge in [-0.2, -0.15) is 0 Å². The van der Waals surface area contributed by atoms with Crippen LogP contribution in [0.2, 0.25) is 0 Å². The first-order chi connectivity index (χ1) is 31.1. The highest BCUT2D eigenvalue weighted by atomic mass is 127. The molecule has 4 aromatic rings. The second kappa shape index (κ2) is 26.1. The van der Waals surface area contributed by atoms with E-state index in [1.165, 1.54) is 0 Å². The van der Waals surface area contributed by atoms with Crippen molar-refractivity contribution in [1.82, 2.24) is 9.80 Å². The van der Waals surface area contributed by atoms with Gasteiger partial charge in [0.1, 0.15) is 22.7 Å². The van der Waals surface area contributed by atoms with Crippen LogP contribution in [-0.2, 0) is 0 Å². The zero-order valence-corrected chi connectivity index (χ0v) is 42.4. The third-order valence-electron chi connectivity index (χ3n) is 9.85. The maximum absolute atomic E-state index is 14.4. The van der Waals surface area contributed by atoms with Gasteiger partial charge in [0.05, 0.1) is 14.3 Å². The Morgan fingerprint density at radius 2 is 0.394 bits per heavy atom. The first kappa shape index (κ1) is 56.4. The highest BCUT2D eigenvalue weighted by molar-refractivity contribution is 14.1. The summed E-state index contributed by atoms with van der Waals surface area (Å²) in [6.45, 7) is 0.605. The van der Waals surface area contributed by atoms with Gasteiger partial charge in [-0.05, 0) is 168 Å². The molecule has 0 spiro atoms. The average molecular weight is 1410 g/mol. The van der Waals surface area contributed by atoms with Gasteiger partial charge < -0.3 is 31.1 Å². The summed E-state index contributed by atoms with van der Waals surface area (Å²) >= 11 is 4.46. The molecule has 26 heteroatoms. The second-order valence-corrected chi connectivity index (χ2v) is 18.6. The topological polar surface area (TPSA) is 54.6 Å². The van der Waals surface area contributed by atoms with Crippen molar-refractivity contribution in [3.63, 3.8) is 0 Å². The monoisotopic (exact) mass is 1410 g/mol. The standard InChI is InChI=1S/C40H36F16I4N6/c41-17-25(49)37(26(50)18(42)33(17)57)61-7-3-13-65(14-4-8-62-38-27(51)19(43)34(58)20(44)28(38)52)11-1-2-12-66(15-5-9-63-39-29(53)21(45)35(59)22(46)30(39)54)16-6-10-64-40-31(55)23(47)36(60)24(48)32(40)56/h61-64H,1-16H2. The molecular weight excluding hydrogens is 1380 g/mol.